The number of nitrogens with one attached hydrogen (secondary N) is 1. The van der Waals surface area contributed by atoms with Crippen LogP contribution in [0.5, 0.6) is 0 Å². The molecule has 0 saturated heterocycles. The molecule has 328 valence electrons. The first-order chi connectivity index (χ1) is 27.3. The Morgan fingerprint density at radius 1 is 0.895 bits per heavy atom. The molecule has 57 heavy (non-hydrogen) atoms. The Balaban J connectivity index is 1.55. The number of nitrogens with zero attached hydrogens (tertiary/aromatic N) is 1. The number of unbranched alkanes of at least 4 members (excludes halogenated alkanes) is 11. The fraction of sp³-hybridized carbons (Fsp3) is 0.816. The first-order valence-electron chi connectivity index (χ1n) is 23.4. The van der Waals surface area contributed by atoms with Crippen LogP contribution in [0.4, 0.5) is 0 Å². The van der Waals surface area contributed by atoms with Gasteiger partial charge in [0.15, 0.2) is 0 Å². The molecule has 2 aliphatic rings. The zero-order valence-electron chi connectivity index (χ0n) is 37.6. The van der Waals surface area contributed by atoms with Crippen molar-refractivity contribution in [3.05, 3.63) is 36.0 Å². The molecule has 2 unspecified atom stereocenters. The van der Waals surface area contributed by atoms with E-state index in [0.29, 0.717) is 50.5 Å². The van der Waals surface area contributed by atoms with Crippen molar-refractivity contribution in [2.75, 3.05) is 26.7 Å². The molecule has 2 rings (SSSR count). The summed E-state index contributed by atoms with van der Waals surface area (Å²) in [5, 5.41) is 24.5. The lowest BCUT2D eigenvalue weighted by Crippen LogP contribution is -2.43. The van der Waals surface area contributed by atoms with Crippen LogP contribution in [-0.2, 0) is 19.1 Å². The van der Waals surface area contributed by atoms with E-state index >= 15 is 0 Å². The highest BCUT2D eigenvalue weighted by molar-refractivity contribution is 5.78. The van der Waals surface area contributed by atoms with Crippen molar-refractivity contribution >= 4 is 17.7 Å². The molecule has 0 bridgehead atoms. The smallest absolute Gasteiger partial charge is 0.311 e. The van der Waals surface area contributed by atoms with Gasteiger partial charge in [0.2, 0.25) is 5.91 Å². The minimum absolute atomic E-state index is 0.0488. The Morgan fingerprint density at radius 2 is 1.53 bits per heavy atom. The number of rotatable bonds is 32. The number of aliphatic hydroxyl groups excluding tert-OH is 2. The monoisotopic (exact) mass is 799 g/mol. The van der Waals surface area contributed by atoms with Crippen molar-refractivity contribution in [3.8, 4) is 0 Å². The van der Waals surface area contributed by atoms with E-state index in [0.717, 1.165) is 38.6 Å². The molecular formula is C49H86N2O6. The lowest BCUT2D eigenvalue weighted by molar-refractivity contribution is -0.164. The largest absolute Gasteiger partial charge is 0.461 e. The van der Waals surface area contributed by atoms with Gasteiger partial charge in [-0.15, -0.1) is 0 Å². The molecule has 3 N–H and O–H groups in total. The number of ketones is 1. The molecule has 0 fully saturated rings. The van der Waals surface area contributed by atoms with Crippen molar-refractivity contribution in [1.82, 2.24) is 10.2 Å². The number of hydrogen-bond acceptors (Lipinski definition) is 7. The Morgan fingerprint density at radius 3 is 2.19 bits per heavy atom. The molecule has 1 amide bonds. The Kier molecular flexibility index (Phi) is 25.9. The number of allylic oxidation sites excluding steroid dienone is 5. The minimum atomic E-state index is -0.926. The molecule has 0 aromatic rings. The molecule has 0 heterocycles. The minimum Gasteiger partial charge on any atom is -0.461 e. The van der Waals surface area contributed by atoms with E-state index < -0.39 is 17.6 Å². The quantitative estimate of drug-likeness (QED) is 0.0352. The van der Waals surface area contributed by atoms with Gasteiger partial charge in [-0.3, -0.25) is 14.4 Å². The van der Waals surface area contributed by atoms with Gasteiger partial charge in [0, 0.05) is 31.8 Å². The Labute approximate surface area is 349 Å². The number of carbonyl (C=O) groups is 3. The van der Waals surface area contributed by atoms with E-state index in [2.05, 4.69) is 61.4 Å². The topological polar surface area (TPSA) is 116 Å². The summed E-state index contributed by atoms with van der Waals surface area (Å²) in [6, 6.07) is 0. The van der Waals surface area contributed by atoms with E-state index in [1.807, 2.05) is 27.8 Å². The van der Waals surface area contributed by atoms with Gasteiger partial charge >= 0.3 is 5.97 Å². The molecule has 0 saturated carbocycles. The maximum absolute atomic E-state index is 13.1. The Hall–Kier alpha value is -2.29. The highest BCUT2D eigenvalue weighted by Gasteiger charge is 2.43. The fourth-order valence-corrected chi connectivity index (χ4v) is 8.41. The van der Waals surface area contributed by atoms with Gasteiger partial charge in [0.1, 0.15) is 11.9 Å². The number of esters is 1. The van der Waals surface area contributed by atoms with E-state index in [1.54, 1.807) is 0 Å². The van der Waals surface area contributed by atoms with E-state index in [4.69, 9.17) is 4.74 Å². The molecule has 0 aliphatic heterocycles. The predicted octanol–water partition coefficient (Wildman–Crippen LogP) is 10.5. The zero-order valence-corrected chi connectivity index (χ0v) is 37.6. The molecule has 8 heteroatoms. The van der Waals surface area contributed by atoms with Crippen LogP contribution in [0.25, 0.3) is 0 Å². The van der Waals surface area contributed by atoms with Gasteiger partial charge in [-0.25, -0.2) is 0 Å². The maximum atomic E-state index is 13.1. The average Bonchev–Trinajstić information content (AvgIpc) is 3.15. The number of carbonyl (C=O) groups excluding carboxylic acids is 3. The third kappa shape index (κ3) is 21.5. The van der Waals surface area contributed by atoms with Crippen molar-refractivity contribution < 1.29 is 29.3 Å². The summed E-state index contributed by atoms with van der Waals surface area (Å²) in [4.78, 5) is 40.2. The van der Waals surface area contributed by atoms with Crippen LogP contribution in [0.1, 0.15) is 183 Å². The number of ether oxygens (including phenoxy) is 1. The van der Waals surface area contributed by atoms with E-state index in [9.17, 15) is 24.6 Å². The molecule has 0 aromatic carbocycles. The molecule has 0 spiro atoms. The van der Waals surface area contributed by atoms with Gasteiger partial charge in [-0.05, 0) is 121 Å². The van der Waals surface area contributed by atoms with Crippen LogP contribution in [-0.4, -0.2) is 77.8 Å². The summed E-state index contributed by atoms with van der Waals surface area (Å²) in [7, 11) is 2.00. The first kappa shape index (κ1) is 50.9. The molecule has 2 aliphatic carbocycles. The van der Waals surface area contributed by atoms with Crippen LogP contribution >= 0.6 is 0 Å². The van der Waals surface area contributed by atoms with Gasteiger partial charge in [0.05, 0.1) is 24.0 Å². The van der Waals surface area contributed by atoms with Crippen LogP contribution in [0.2, 0.25) is 0 Å². The highest BCUT2D eigenvalue weighted by atomic mass is 16.5. The second-order valence-corrected chi connectivity index (χ2v) is 18.4. The van der Waals surface area contributed by atoms with Crippen molar-refractivity contribution in [2.24, 2.45) is 29.1 Å². The second kappa shape index (κ2) is 29.0. The third-order valence-corrected chi connectivity index (χ3v) is 12.6. The summed E-state index contributed by atoms with van der Waals surface area (Å²) >= 11 is 0. The van der Waals surface area contributed by atoms with Gasteiger partial charge in [0.25, 0.3) is 0 Å². The van der Waals surface area contributed by atoms with Gasteiger partial charge in [-0.1, -0.05) is 109 Å². The van der Waals surface area contributed by atoms with Crippen LogP contribution in [0.3, 0.4) is 0 Å². The van der Waals surface area contributed by atoms with Crippen LogP contribution in [0, 0.1) is 29.1 Å². The van der Waals surface area contributed by atoms with Crippen LogP contribution in [0.15, 0.2) is 36.0 Å². The number of likely N-dealkylation sites (N-methyl/N-ethyl adjacent to an activating group) is 1. The van der Waals surface area contributed by atoms with Gasteiger partial charge in [-0.2, -0.15) is 0 Å². The average molecular weight is 799 g/mol. The van der Waals surface area contributed by atoms with Crippen LogP contribution < -0.4 is 5.32 Å². The van der Waals surface area contributed by atoms with E-state index in [1.165, 1.54) is 76.2 Å². The predicted molar refractivity (Wildman–Crippen MR) is 236 cm³/mol. The highest BCUT2D eigenvalue weighted by Crippen LogP contribution is 2.45. The molecule has 8 nitrogen and oxygen atoms in total. The third-order valence-electron chi connectivity index (χ3n) is 12.6. The zero-order chi connectivity index (χ0) is 42.1. The lowest BCUT2D eigenvalue weighted by Gasteiger charge is -2.44. The lowest BCUT2D eigenvalue weighted by atomic mass is 9.65. The van der Waals surface area contributed by atoms with Gasteiger partial charge < -0.3 is 25.2 Å². The maximum Gasteiger partial charge on any atom is 0.311 e. The van der Waals surface area contributed by atoms with Crippen molar-refractivity contribution in [3.63, 3.8) is 0 Å². The SMILES string of the molecule is CCCCCCCC/C=C\CCCCCCCC(=O)CCCN(C)CCNC(=O)C[C@H](O)C[C@@H](O)CC[C@@H]1C2C(=C[C@H](C)CC2OC(=O)C(C)(C)CC)C=C[C@@H]1C. The normalized spacial score (nSPS) is 22.0. The summed E-state index contributed by atoms with van der Waals surface area (Å²) in [5.41, 5.74) is 0.689. The number of amides is 1. The molecule has 0 radical (unpaired) electrons. The standard InChI is InChI=1S/C49H86N2O6/c1-8-10-11-12-13-14-15-16-17-18-19-20-21-22-23-25-41(52)26-24-32-51(7)33-31-50-46(55)37-43(54)36-42(53)29-30-44-39(4)27-28-40-34-38(3)35-45(47(40)44)57-48(56)49(5,6)9-2/h16-17,27-28,34,38-39,42-45,47,53-54H,8-15,18-26,29-33,35-37H2,1-7H3,(H,50,55)/b17-16-/t38-,39-,42-,43+,44-,45?,47?/m0/s1. The Bertz CT molecular complexity index is 1230. The number of Topliss-reactive ketones (excluding diaryl/α,β-unsaturated/α-hetero) is 1. The van der Waals surface area contributed by atoms with Crippen molar-refractivity contribution in [2.45, 2.75) is 201 Å². The summed E-state index contributed by atoms with van der Waals surface area (Å²) < 4.78 is 6.22. The van der Waals surface area contributed by atoms with E-state index in [-0.39, 0.29) is 48.6 Å². The summed E-state index contributed by atoms with van der Waals surface area (Å²) in [6.45, 7) is 14.4. The number of aliphatic hydroxyl groups is 2. The molecular weight excluding hydrogens is 713 g/mol. The second-order valence-electron chi connectivity index (χ2n) is 18.4. The molecule has 7 atom stereocenters. The van der Waals surface area contributed by atoms with Crippen molar-refractivity contribution in [1.29, 1.82) is 0 Å². The number of fused-ring (bicyclic) bond motifs is 1. The number of hydrogen-bond donors (Lipinski definition) is 3. The molecule has 0 aromatic heterocycles. The summed E-state index contributed by atoms with van der Waals surface area (Å²) in [6.07, 6.45) is 30.9. The first-order valence-corrected chi connectivity index (χ1v) is 23.4. The summed E-state index contributed by atoms with van der Waals surface area (Å²) in [5.74, 6) is 0.849. The fourth-order valence-electron chi connectivity index (χ4n) is 8.41.